The predicted molar refractivity (Wildman–Crippen MR) is 116 cm³/mol. The van der Waals surface area contributed by atoms with Gasteiger partial charge in [0.25, 0.3) is 0 Å². The highest BCUT2D eigenvalue weighted by Crippen LogP contribution is 2.66. The van der Waals surface area contributed by atoms with Gasteiger partial charge in [0.15, 0.2) is 0 Å². The molecule has 0 aromatic rings. The standard InChI is InChI=1S/C26H40O3/c1-16(6-5-7-17(2)27)21-10-11-22-20-9-8-18-14-19(28)15-24(29)26(18,4)23(20)12-13-25(21,22)3/h8-9,16,19,21-24,28-29H,5-7,10-15H2,1-4H3/t16-,19-,21-,22+,23+,24+,25-,26+/m1/s1. The molecule has 0 radical (unpaired) electrons. The van der Waals surface area contributed by atoms with E-state index in [2.05, 4.69) is 32.9 Å². The minimum Gasteiger partial charge on any atom is -0.393 e. The maximum atomic E-state index is 11.3. The highest BCUT2D eigenvalue weighted by atomic mass is 16.3. The van der Waals surface area contributed by atoms with Crippen molar-refractivity contribution in [3.8, 4) is 0 Å². The van der Waals surface area contributed by atoms with Crippen molar-refractivity contribution in [2.45, 2.75) is 97.7 Å². The van der Waals surface area contributed by atoms with Crippen LogP contribution >= 0.6 is 0 Å². The van der Waals surface area contributed by atoms with Crippen LogP contribution in [0.2, 0.25) is 0 Å². The molecular formula is C26H40O3. The predicted octanol–water partition coefficient (Wildman–Crippen LogP) is 5.21. The van der Waals surface area contributed by atoms with Gasteiger partial charge >= 0.3 is 0 Å². The van der Waals surface area contributed by atoms with Crippen LogP contribution in [0.15, 0.2) is 23.3 Å². The van der Waals surface area contributed by atoms with Crippen LogP contribution in [0.5, 0.6) is 0 Å². The van der Waals surface area contributed by atoms with Gasteiger partial charge in [0.2, 0.25) is 0 Å². The Morgan fingerprint density at radius 1 is 1.17 bits per heavy atom. The Kier molecular flexibility index (Phi) is 5.61. The number of fused-ring (bicyclic) bond motifs is 5. The summed E-state index contributed by atoms with van der Waals surface area (Å²) in [6.45, 7) is 8.89. The van der Waals surface area contributed by atoms with Crippen molar-refractivity contribution in [1.82, 2.24) is 0 Å². The number of Topliss-reactive ketones (excluding diaryl/α,β-unsaturated/α-hetero) is 1. The third kappa shape index (κ3) is 3.37. The fraction of sp³-hybridized carbons (Fsp3) is 0.808. The average Bonchev–Trinajstić information content (AvgIpc) is 3.00. The van der Waals surface area contributed by atoms with E-state index < -0.39 is 12.2 Å². The summed E-state index contributed by atoms with van der Waals surface area (Å²) in [5.41, 5.74) is 2.99. The molecule has 162 valence electrons. The Bertz CT molecular complexity index is 721. The molecule has 3 nitrogen and oxygen atoms in total. The summed E-state index contributed by atoms with van der Waals surface area (Å²) >= 11 is 0. The summed E-state index contributed by atoms with van der Waals surface area (Å²) in [4.78, 5) is 11.3. The number of ketones is 1. The summed E-state index contributed by atoms with van der Waals surface area (Å²) in [6, 6.07) is 0. The first-order valence-electron chi connectivity index (χ1n) is 11.9. The van der Waals surface area contributed by atoms with Gasteiger partial charge in [-0.3, -0.25) is 0 Å². The molecule has 0 aliphatic heterocycles. The molecule has 29 heavy (non-hydrogen) atoms. The average molecular weight is 401 g/mol. The molecule has 4 rings (SSSR count). The Hall–Kier alpha value is -0.930. The van der Waals surface area contributed by atoms with Crippen LogP contribution in [0, 0.1) is 34.5 Å². The van der Waals surface area contributed by atoms with Gasteiger partial charge in [-0.15, -0.1) is 0 Å². The van der Waals surface area contributed by atoms with Gasteiger partial charge in [-0.25, -0.2) is 0 Å². The summed E-state index contributed by atoms with van der Waals surface area (Å²) in [7, 11) is 0. The summed E-state index contributed by atoms with van der Waals surface area (Å²) in [5.74, 6) is 2.76. The minimum atomic E-state index is -0.446. The van der Waals surface area contributed by atoms with Crippen LogP contribution in [0.3, 0.4) is 0 Å². The molecule has 0 unspecified atom stereocenters. The molecule has 0 bridgehead atoms. The maximum absolute atomic E-state index is 11.3. The Labute approximate surface area is 176 Å². The molecule has 4 aliphatic rings. The van der Waals surface area contributed by atoms with Gasteiger partial charge in [-0.1, -0.05) is 50.5 Å². The van der Waals surface area contributed by atoms with Crippen molar-refractivity contribution in [3.63, 3.8) is 0 Å². The van der Waals surface area contributed by atoms with Gasteiger partial charge in [0.05, 0.1) is 12.2 Å². The third-order valence-corrected chi connectivity index (χ3v) is 9.60. The van der Waals surface area contributed by atoms with Gasteiger partial charge in [-0.05, 0) is 74.5 Å². The minimum absolute atomic E-state index is 0.199. The maximum Gasteiger partial charge on any atom is 0.129 e. The fourth-order valence-electron chi connectivity index (χ4n) is 7.90. The Morgan fingerprint density at radius 2 is 1.93 bits per heavy atom. The van der Waals surface area contributed by atoms with Crippen LogP contribution in [-0.2, 0) is 4.79 Å². The molecule has 3 fully saturated rings. The molecule has 3 heteroatoms. The Balaban J connectivity index is 1.56. The zero-order valence-corrected chi connectivity index (χ0v) is 18.8. The van der Waals surface area contributed by atoms with Crippen molar-refractivity contribution in [3.05, 3.63) is 23.3 Å². The van der Waals surface area contributed by atoms with E-state index in [0.29, 0.717) is 41.8 Å². The number of aliphatic hydroxyl groups is 2. The highest BCUT2D eigenvalue weighted by Gasteiger charge is 2.58. The number of rotatable bonds is 5. The van der Waals surface area contributed by atoms with Crippen LogP contribution < -0.4 is 0 Å². The number of hydrogen-bond acceptors (Lipinski definition) is 3. The number of carbonyl (C=O) groups is 1. The number of carbonyl (C=O) groups excluding carboxylic acids is 1. The largest absolute Gasteiger partial charge is 0.393 e. The number of hydrogen-bond donors (Lipinski definition) is 2. The topological polar surface area (TPSA) is 57.5 Å². The van der Waals surface area contributed by atoms with Crippen molar-refractivity contribution in [2.24, 2.45) is 34.5 Å². The van der Waals surface area contributed by atoms with Crippen LogP contribution in [0.25, 0.3) is 0 Å². The van der Waals surface area contributed by atoms with Crippen molar-refractivity contribution in [1.29, 1.82) is 0 Å². The molecule has 0 aromatic heterocycles. The normalized spacial score (nSPS) is 44.8. The lowest BCUT2D eigenvalue weighted by Gasteiger charge is -2.56. The molecule has 0 spiro atoms. The molecular weight excluding hydrogens is 360 g/mol. The SMILES string of the molecule is CC(=O)CCC[C@@H](C)[C@H]1CC[C@H]2C3=CC=C4C[C@@H](O)C[C@H](O)[C@]4(C)[C@H]3CC[C@]12C. The van der Waals surface area contributed by atoms with E-state index in [0.717, 1.165) is 31.6 Å². The first-order chi connectivity index (χ1) is 13.7. The molecule has 0 aromatic carbocycles. The van der Waals surface area contributed by atoms with E-state index in [-0.39, 0.29) is 5.41 Å². The van der Waals surface area contributed by atoms with Gasteiger partial charge in [-0.2, -0.15) is 0 Å². The summed E-state index contributed by atoms with van der Waals surface area (Å²) in [5, 5.41) is 21.2. The molecule has 2 N–H and O–H groups in total. The zero-order chi connectivity index (χ0) is 21.0. The first kappa shape index (κ1) is 21.3. The molecule has 4 aliphatic carbocycles. The van der Waals surface area contributed by atoms with Crippen molar-refractivity contribution < 1.29 is 15.0 Å². The highest BCUT2D eigenvalue weighted by molar-refractivity contribution is 5.75. The van der Waals surface area contributed by atoms with E-state index in [1.54, 1.807) is 12.5 Å². The third-order valence-electron chi connectivity index (χ3n) is 9.60. The second-order valence-corrected chi connectivity index (χ2v) is 11.2. The fourth-order valence-corrected chi connectivity index (χ4v) is 7.90. The van der Waals surface area contributed by atoms with E-state index in [9.17, 15) is 15.0 Å². The monoisotopic (exact) mass is 400 g/mol. The first-order valence-corrected chi connectivity index (χ1v) is 11.9. The van der Waals surface area contributed by atoms with Crippen molar-refractivity contribution >= 4 is 5.78 Å². The van der Waals surface area contributed by atoms with Crippen LogP contribution in [0.4, 0.5) is 0 Å². The number of allylic oxidation sites excluding steroid dienone is 3. The smallest absolute Gasteiger partial charge is 0.129 e. The van der Waals surface area contributed by atoms with Crippen LogP contribution in [-0.4, -0.2) is 28.2 Å². The van der Waals surface area contributed by atoms with E-state index >= 15 is 0 Å². The summed E-state index contributed by atoms with van der Waals surface area (Å²) in [6.07, 6.45) is 12.8. The number of aliphatic hydroxyl groups excluding tert-OH is 2. The molecule has 3 saturated carbocycles. The van der Waals surface area contributed by atoms with Gasteiger partial charge in [0, 0.05) is 18.3 Å². The lowest BCUT2D eigenvalue weighted by Crippen LogP contribution is -2.52. The van der Waals surface area contributed by atoms with Crippen molar-refractivity contribution in [2.75, 3.05) is 0 Å². The summed E-state index contributed by atoms with van der Waals surface area (Å²) < 4.78 is 0. The lowest BCUT2D eigenvalue weighted by molar-refractivity contribution is -0.117. The molecule has 8 atom stereocenters. The molecule has 0 saturated heterocycles. The van der Waals surface area contributed by atoms with Crippen LogP contribution in [0.1, 0.15) is 85.5 Å². The quantitative estimate of drug-likeness (QED) is 0.666. The molecule has 0 heterocycles. The van der Waals surface area contributed by atoms with Gasteiger partial charge in [0.1, 0.15) is 5.78 Å². The van der Waals surface area contributed by atoms with E-state index in [4.69, 9.17) is 0 Å². The molecule has 0 amide bonds. The second kappa shape index (κ2) is 7.64. The van der Waals surface area contributed by atoms with Gasteiger partial charge < -0.3 is 15.0 Å². The van der Waals surface area contributed by atoms with E-state index in [1.807, 2.05) is 0 Å². The second-order valence-electron chi connectivity index (χ2n) is 11.2. The zero-order valence-electron chi connectivity index (χ0n) is 18.8. The Morgan fingerprint density at radius 3 is 2.66 bits per heavy atom. The van der Waals surface area contributed by atoms with E-state index in [1.165, 1.54) is 24.8 Å². The lowest BCUT2D eigenvalue weighted by atomic mass is 9.49.